The van der Waals surface area contributed by atoms with Gasteiger partial charge in [-0.25, -0.2) is 0 Å². The SMILES string of the molecule is CN(C)C(=O)c1cc(Br)c2c(c1)OCO2. The molecule has 1 aliphatic heterocycles. The van der Waals surface area contributed by atoms with E-state index >= 15 is 0 Å². The molecule has 1 heterocycles. The summed E-state index contributed by atoms with van der Waals surface area (Å²) in [6.07, 6.45) is 0. The average molecular weight is 272 g/mol. The van der Waals surface area contributed by atoms with Crippen molar-refractivity contribution in [3.63, 3.8) is 0 Å². The topological polar surface area (TPSA) is 38.8 Å². The minimum Gasteiger partial charge on any atom is -0.454 e. The fourth-order valence-electron chi connectivity index (χ4n) is 1.35. The van der Waals surface area contributed by atoms with Crippen molar-refractivity contribution in [1.29, 1.82) is 0 Å². The van der Waals surface area contributed by atoms with Crippen LogP contribution >= 0.6 is 15.9 Å². The molecular formula is C10H10BrNO3. The first-order chi connectivity index (χ1) is 7.09. The maximum atomic E-state index is 11.7. The number of hydrogen-bond acceptors (Lipinski definition) is 3. The number of nitrogens with zero attached hydrogens (tertiary/aromatic N) is 1. The second-order valence-electron chi connectivity index (χ2n) is 3.39. The zero-order valence-electron chi connectivity index (χ0n) is 8.41. The van der Waals surface area contributed by atoms with Crippen LogP contribution < -0.4 is 9.47 Å². The Kier molecular flexibility index (Phi) is 2.56. The van der Waals surface area contributed by atoms with E-state index in [1.165, 1.54) is 4.90 Å². The summed E-state index contributed by atoms with van der Waals surface area (Å²) in [5, 5.41) is 0. The second-order valence-corrected chi connectivity index (χ2v) is 4.25. The van der Waals surface area contributed by atoms with Gasteiger partial charge in [-0.05, 0) is 28.1 Å². The van der Waals surface area contributed by atoms with Crippen molar-refractivity contribution in [2.75, 3.05) is 20.9 Å². The van der Waals surface area contributed by atoms with Gasteiger partial charge in [0.25, 0.3) is 5.91 Å². The lowest BCUT2D eigenvalue weighted by molar-refractivity contribution is 0.0827. The van der Waals surface area contributed by atoms with Crippen LogP contribution in [-0.4, -0.2) is 31.7 Å². The van der Waals surface area contributed by atoms with Crippen LogP contribution in [0.3, 0.4) is 0 Å². The van der Waals surface area contributed by atoms with Gasteiger partial charge in [-0.2, -0.15) is 0 Å². The maximum Gasteiger partial charge on any atom is 0.253 e. The highest BCUT2D eigenvalue weighted by molar-refractivity contribution is 9.10. The summed E-state index contributed by atoms with van der Waals surface area (Å²) in [7, 11) is 3.42. The van der Waals surface area contributed by atoms with Crippen LogP contribution in [0.2, 0.25) is 0 Å². The molecule has 1 aromatic rings. The highest BCUT2D eigenvalue weighted by Gasteiger charge is 2.20. The van der Waals surface area contributed by atoms with E-state index in [4.69, 9.17) is 9.47 Å². The number of carbonyl (C=O) groups excluding carboxylic acids is 1. The number of benzene rings is 1. The van der Waals surface area contributed by atoms with E-state index < -0.39 is 0 Å². The second kappa shape index (κ2) is 3.73. The Morgan fingerprint density at radius 1 is 1.40 bits per heavy atom. The number of amides is 1. The molecule has 4 nitrogen and oxygen atoms in total. The first-order valence-electron chi connectivity index (χ1n) is 4.40. The first-order valence-corrected chi connectivity index (χ1v) is 5.19. The molecule has 0 bridgehead atoms. The van der Waals surface area contributed by atoms with Gasteiger partial charge in [0.05, 0.1) is 4.47 Å². The first kappa shape index (κ1) is 10.3. The summed E-state index contributed by atoms with van der Waals surface area (Å²) >= 11 is 3.34. The molecule has 5 heteroatoms. The van der Waals surface area contributed by atoms with E-state index in [0.29, 0.717) is 17.1 Å². The number of halogens is 1. The van der Waals surface area contributed by atoms with E-state index in [1.807, 2.05) is 0 Å². The lowest BCUT2D eigenvalue weighted by atomic mass is 10.2. The fourth-order valence-corrected chi connectivity index (χ4v) is 1.91. The molecule has 0 unspecified atom stereocenters. The molecule has 1 amide bonds. The van der Waals surface area contributed by atoms with Crippen molar-refractivity contribution in [2.45, 2.75) is 0 Å². The average Bonchev–Trinajstić information content (AvgIpc) is 2.64. The van der Waals surface area contributed by atoms with E-state index in [-0.39, 0.29) is 12.7 Å². The molecule has 0 N–H and O–H groups in total. The third kappa shape index (κ3) is 1.79. The van der Waals surface area contributed by atoms with Crippen LogP contribution in [0.4, 0.5) is 0 Å². The van der Waals surface area contributed by atoms with Crippen molar-refractivity contribution in [3.8, 4) is 11.5 Å². The van der Waals surface area contributed by atoms with Gasteiger partial charge in [0.2, 0.25) is 6.79 Å². The highest BCUT2D eigenvalue weighted by Crippen LogP contribution is 2.40. The Labute approximate surface area is 95.9 Å². The summed E-state index contributed by atoms with van der Waals surface area (Å²) in [5.74, 6) is 1.20. The number of rotatable bonds is 1. The van der Waals surface area contributed by atoms with Crippen molar-refractivity contribution in [1.82, 2.24) is 4.90 Å². The van der Waals surface area contributed by atoms with Gasteiger partial charge in [-0.1, -0.05) is 0 Å². The lowest BCUT2D eigenvalue weighted by Crippen LogP contribution is -2.21. The summed E-state index contributed by atoms with van der Waals surface area (Å²) in [6, 6.07) is 3.42. The number of fused-ring (bicyclic) bond motifs is 1. The quantitative estimate of drug-likeness (QED) is 0.783. The Bertz CT molecular complexity index is 417. The minimum absolute atomic E-state index is 0.0611. The molecule has 0 aromatic heterocycles. The standard InChI is InChI=1S/C10H10BrNO3/c1-12(2)10(13)6-3-7(11)9-8(4-6)14-5-15-9/h3-4H,5H2,1-2H3. The van der Waals surface area contributed by atoms with E-state index in [9.17, 15) is 4.79 Å². The number of hydrogen-bond donors (Lipinski definition) is 0. The van der Waals surface area contributed by atoms with Gasteiger partial charge in [-0.15, -0.1) is 0 Å². The van der Waals surface area contributed by atoms with Crippen molar-refractivity contribution < 1.29 is 14.3 Å². The van der Waals surface area contributed by atoms with Gasteiger partial charge in [0, 0.05) is 19.7 Å². The van der Waals surface area contributed by atoms with Crippen LogP contribution in [0.5, 0.6) is 11.5 Å². The molecule has 15 heavy (non-hydrogen) atoms. The summed E-state index contributed by atoms with van der Waals surface area (Å²) < 4.78 is 11.2. The zero-order valence-corrected chi connectivity index (χ0v) is 10.00. The van der Waals surface area contributed by atoms with Gasteiger partial charge >= 0.3 is 0 Å². The van der Waals surface area contributed by atoms with Crippen LogP contribution in [0.25, 0.3) is 0 Å². The third-order valence-electron chi connectivity index (χ3n) is 2.08. The van der Waals surface area contributed by atoms with Crippen LogP contribution in [-0.2, 0) is 0 Å². The van der Waals surface area contributed by atoms with Crippen molar-refractivity contribution in [3.05, 3.63) is 22.2 Å². The molecule has 0 saturated heterocycles. The minimum atomic E-state index is -0.0611. The van der Waals surface area contributed by atoms with E-state index in [0.717, 1.165) is 4.47 Å². The Morgan fingerprint density at radius 2 is 2.13 bits per heavy atom. The normalized spacial score (nSPS) is 12.7. The number of carbonyl (C=O) groups is 1. The molecule has 0 atom stereocenters. The summed E-state index contributed by atoms with van der Waals surface area (Å²) in [5.41, 5.74) is 0.580. The third-order valence-corrected chi connectivity index (χ3v) is 2.67. The van der Waals surface area contributed by atoms with Gasteiger partial charge in [0.1, 0.15) is 0 Å². The smallest absolute Gasteiger partial charge is 0.253 e. The molecule has 0 saturated carbocycles. The highest BCUT2D eigenvalue weighted by atomic mass is 79.9. The van der Waals surface area contributed by atoms with Gasteiger partial charge < -0.3 is 14.4 Å². The Balaban J connectivity index is 2.44. The zero-order chi connectivity index (χ0) is 11.0. The maximum absolute atomic E-state index is 11.7. The summed E-state index contributed by atoms with van der Waals surface area (Å²) in [6.45, 7) is 0.202. The monoisotopic (exact) mass is 271 g/mol. The van der Waals surface area contributed by atoms with Crippen LogP contribution in [0.1, 0.15) is 10.4 Å². The van der Waals surface area contributed by atoms with E-state index in [2.05, 4.69) is 15.9 Å². The van der Waals surface area contributed by atoms with Crippen molar-refractivity contribution in [2.24, 2.45) is 0 Å². The predicted octanol–water partition coefficient (Wildman–Crippen LogP) is 1.88. The Morgan fingerprint density at radius 3 is 2.80 bits per heavy atom. The van der Waals surface area contributed by atoms with Crippen LogP contribution in [0, 0.1) is 0 Å². The molecular weight excluding hydrogens is 262 g/mol. The molecule has 0 spiro atoms. The Hall–Kier alpha value is -1.23. The molecule has 1 aromatic carbocycles. The van der Waals surface area contributed by atoms with E-state index in [1.54, 1.807) is 26.2 Å². The summed E-state index contributed by atoms with van der Waals surface area (Å²) in [4.78, 5) is 13.2. The van der Waals surface area contributed by atoms with Crippen molar-refractivity contribution >= 4 is 21.8 Å². The molecule has 0 fully saturated rings. The van der Waals surface area contributed by atoms with Gasteiger partial charge in [0.15, 0.2) is 11.5 Å². The van der Waals surface area contributed by atoms with Gasteiger partial charge in [-0.3, -0.25) is 4.79 Å². The lowest BCUT2D eigenvalue weighted by Gasteiger charge is -2.11. The largest absolute Gasteiger partial charge is 0.454 e. The van der Waals surface area contributed by atoms with Crippen LogP contribution in [0.15, 0.2) is 16.6 Å². The molecule has 0 radical (unpaired) electrons. The molecule has 1 aliphatic rings. The molecule has 2 rings (SSSR count). The molecule has 0 aliphatic carbocycles. The molecule has 80 valence electrons. The number of ether oxygens (including phenoxy) is 2. The fraction of sp³-hybridized carbons (Fsp3) is 0.300. The predicted molar refractivity (Wildman–Crippen MR) is 58.3 cm³/mol.